The number of carboxylic acids is 1. The number of benzene rings is 1. The van der Waals surface area contributed by atoms with Crippen molar-refractivity contribution in [3.05, 3.63) is 29.8 Å². The highest BCUT2D eigenvalue weighted by molar-refractivity contribution is 5.85. The summed E-state index contributed by atoms with van der Waals surface area (Å²) in [7, 11) is 0. The molecule has 0 bridgehead atoms. The zero-order valence-electron chi connectivity index (χ0n) is 9.80. The Labute approximate surface area is 104 Å². The Hall–Kier alpha value is -2.08. The Kier molecular flexibility index (Phi) is 5.13. The number of rotatable bonds is 6. The van der Waals surface area contributed by atoms with E-state index in [0.29, 0.717) is 13.0 Å². The summed E-state index contributed by atoms with van der Waals surface area (Å²) in [5.41, 5.74) is 6.35. The molecule has 0 heterocycles. The summed E-state index contributed by atoms with van der Waals surface area (Å²) in [5, 5.41) is 20.1. The maximum Gasteiger partial charge on any atom is 0.305 e. The summed E-state index contributed by atoms with van der Waals surface area (Å²) >= 11 is 0. The van der Waals surface area contributed by atoms with Crippen molar-refractivity contribution in [2.45, 2.75) is 18.9 Å². The minimum atomic E-state index is -1.10. The first-order chi connectivity index (χ1) is 8.49. The zero-order valence-corrected chi connectivity index (χ0v) is 9.80. The number of hydrogen-bond acceptors (Lipinski definition) is 4. The predicted octanol–water partition coefficient (Wildman–Crippen LogP) is -0.147. The molecule has 0 aliphatic rings. The van der Waals surface area contributed by atoms with Crippen LogP contribution in [0.25, 0.3) is 0 Å². The number of carboxylic acid groups (broad SMARTS) is 1. The lowest BCUT2D eigenvalue weighted by Gasteiger charge is -2.10. The molecule has 1 atom stereocenters. The average molecular weight is 252 g/mol. The van der Waals surface area contributed by atoms with Crippen LogP contribution in [0.4, 0.5) is 0 Å². The first-order valence-electron chi connectivity index (χ1n) is 5.52. The summed E-state index contributed by atoms with van der Waals surface area (Å²) < 4.78 is 0. The molecule has 0 fully saturated rings. The third-order valence-electron chi connectivity index (χ3n) is 2.38. The number of aromatic hydroxyl groups is 1. The summed E-state index contributed by atoms with van der Waals surface area (Å²) in [6.07, 6.45) is 0.205. The number of carbonyl (C=O) groups is 2. The van der Waals surface area contributed by atoms with E-state index in [2.05, 4.69) is 5.32 Å². The molecule has 1 amide bonds. The van der Waals surface area contributed by atoms with Gasteiger partial charge in [-0.3, -0.25) is 9.59 Å². The number of phenols is 1. The molecular weight excluding hydrogens is 236 g/mol. The molecule has 0 spiro atoms. The number of phenolic OH excluding ortho intramolecular Hbond substituents is 1. The second-order valence-corrected chi connectivity index (χ2v) is 3.91. The van der Waals surface area contributed by atoms with Crippen LogP contribution in [0, 0.1) is 0 Å². The molecule has 0 aliphatic heterocycles. The number of amides is 1. The highest BCUT2D eigenvalue weighted by Crippen LogP contribution is 2.09. The fourth-order valence-corrected chi connectivity index (χ4v) is 1.40. The molecule has 0 aromatic heterocycles. The molecule has 1 rings (SSSR count). The van der Waals surface area contributed by atoms with Gasteiger partial charge in [0.15, 0.2) is 0 Å². The number of aliphatic carboxylic acids is 1. The van der Waals surface area contributed by atoms with Crippen molar-refractivity contribution in [3.8, 4) is 5.75 Å². The third-order valence-corrected chi connectivity index (χ3v) is 2.38. The highest BCUT2D eigenvalue weighted by atomic mass is 16.4. The number of carbonyl (C=O) groups excluding carboxylic acids is 1. The Morgan fingerprint density at radius 2 is 1.89 bits per heavy atom. The van der Waals surface area contributed by atoms with Crippen LogP contribution in [0.1, 0.15) is 12.0 Å². The second-order valence-electron chi connectivity index (χ2n) is 3.91. The topological polar surface area (TPSA) is 113 Å². The molecular formula is C12H16N2O4. The minimum absolute atomic E-state index is 0.186. The van der Waals surface area contributed by atoms with Crippen LogP contribution in [-0.2, 0) is 16.0 Å². The van der Waals surface area contributed by atoms with E-state index in [1.807, 2.05) is 0 Å². The largest absolute Gasteiger partial charge is 0.508 e. The highest BCUT2D eigenvalue weighted by Gasteiger charge is 2.16. The van der Waals surface area contributed by atoms with Crippen molar-refractivity contribution in [1.82, 2.24) is 5.32 Å². The van der Waals surface area contributed by atoms with Crippen LogP contribution < -0.4 is 11.1 Å². The molecule has 1 aromatic rings. The van der Waals surface area contributed by atoms with Crippen molar-refractivity contribution in [3.63, 3.8) is 0 Å². The summed E-state index contributed by atoms with van der Waals surface area (Å²) in [6, 6.07) is 5.60. The Bertz CT molecular complexity index is 417. The van der Waals surface area contributed by atoms with Crippen molar-refractivity contribution in [1.29, 1.82) is 0 Å². The van der Waals surface area contributed by atoms with E-state index in [-0.39, 0.29) is 12.2 Å². The monoisotopic (exact) mass is 252 g/mol. The van der Waals surface area contributed by atoms with Gasteiger partial charge in [-0.05, 0) is 24.1 Å². The number of nitrogens with two attached hydrogens (primary N) is 1. The van der Waals surface area contributed by atoms with Gasteiger partial charge in [-0.25, -0.2) is 0 Å². The van der Waals surface area contributed by atoms with Gasteiger partial charge in [0.05, 0.1) is 12.5 Å². The molecule has 1 aromatic carbocycles. The van der Waals surface area contributed by atoms with Crippen LogP contribution in [0.3, 0.4) is 0 Å². The van der Waals surface area contributed by atoms with Crippen LogP contribution in [0.2, 0.25) is 0 Å². The molecule has 5 N–H and O–H groups in total. The maximum atomic E-state index is 11.4. The molecule has 6 heteroatoms. The van der Waals surface area contributed by atoms with Crippen LogP contribution in [0.5, 0.6) is 5.75 Å². The van der Waals surface area contributed by atoms with E-state index >= 15 is 0 Å². The molecule has 0 unspecified atom stereocenters. The summed E-state index contributed by atoms with van der Waals surface area (Å²) in [6.45, 7) is 0.372. The lowest BCUT2D eigenvalue weighted by molar-refractivity contribution is -0.139. The third kappa shape index (κ3) is 4.84. The smallest absolute Gasteiger partial charge is 0.305 e. The Morgan fingerprint density at radius 1 is 1.28 bits per heavy atom. The summed E-state index contributed by atoms with van der Waals surface area (Å²) in [4.78, 5) is 21.7. The fourth-order valence-electron chi connectivity index (χ4n) is 1.40. The lowest BCUT2D eigenvalue weighted by Crippen LogP contribution is -2.42. The number of nitrogens with one attached hydrogen (secondary N) is 1. The number of hydrogen-bond donors (Lipinski definition) is 4. The normalized spacial score (nSPS) is 11.8. The lowest BCUT2D eigenvalue weighted by atomic mass is 10.1. The van der Waals surface area contributed by atoms with Crippen LogP contribution in [-0.4, -0.2) is 34.7 Å². The van der Waals surface area contributed by atoms with E-state index in [4.69, 9.17) is 15.9 Å². The summed E-state index contributed by atoms with van der Waals surface area (Å²) in [5.74, 6) is -1.39. The van der Waals surface area contributed by atoms with Gasteiger partial charge in [0.1, 0.15) is 5.75 Å². The maximum absolute atomic E-state index is 11.4. The standard InChI is InChI=1S/C12H16N2O4/c13-10(7-11(16)17)12(18)14-6-5-8-1-3-9(15)4-2-8/h1-4,10,15H,5-7,13H2,(H,14,18)(H,16,17)/t10-/m1/s1. The SMILES string of the molecule is N[C@H](CC(=O)O)C(=O)NCCc1ccc(O)cc1. The molecule has 0 radical (unpaired) electrons. The minimum Gasteiger partial charge on any atom is -0.508 e. The van der Waals surface area contributed by atoms with E-state index in [9.17, 15) is 9.59 Å². The van der Waals surface area contributed by atoms with Gasteiger partial charge in [-0.15, -0.1) is 0 Å². The van der Waals surface area contributed by atoms with Crippen LogP contribution >= 0.6 is 0 Å². The average Bonchev–Trinajstić information content (AvgIpc) is 2.30. The van der Waals surface area contributed by atoms with Gasteiger partial charge in [0.25, 0.3) is 0 Å². The van der Waals surface area contributed by atoms with Crippen molar-refractivity contribution < 1.29 is 19.8 Å². The van der Waals surface area contributed by atoms with Gasteiger partial charge in [-0.2, -0.15) is 0 Å². The molecule has 98 valence electrons. The first-order valence-corrected chi connectivity index (χ1v) is 5.52. The van der Waals surface area contributed by atoms with Crippen molar-refractivity contribution in [2.24, 2.45) is 5.73 Å². The molecule has 6 nitrogen and oxygen atoms in total. The van der Waals surface area contributed by atoms with E-state index < -0.39 is 17.9 Å². The molecule has 0 aliphatic carbocycles. The van der Waals surface area contributed by atoms with Gasteiger partial charge in [-0.1, -0.05) is 12.1 Å². The van der Waals surface area contributed by atoms with Gasteiger partial charge in [0.2, 0.25) is 5.91 Å². The second kappa shape index (κ2) is 6.61. The Morgan fingerprint density at radius 3 is 2.44 bits per heavy atom. The van der Waals surface area contributed by atoms with Gasteiger partial charge in [0, 0.05) is 6.54 Å². The molecule has 0 saturated heterocycles. The quantitative estimate of drug-likeness (QED) is 0.562. The van der Waals surface area contributed by atoms with Crippen LogP contribution in [0.15, 0.2) is 24.3 Å². The van der Waals surface area contributed by atoms with Crippen molar-refractivity contribution >= 4 is 11.9 Å². The van der Waals surface area contributed by atoms with Gasteiger partial charge >= 0.3 is 5.97 Å². The fraction of sp³-hybridized carbons (Fsp3) is 0.333. The molecule has 0 saturated carbocycles. The molecule has 18 heavy (non-hydrogen) atoms. The first kappa shape index (κ1) is 14.0. The zero-order chi connectivity index (χ0) is 13.5. The van der Waals surface area contributed by atoms with E-state index in [1.54, 1.807) is 24.3 Å². The van der Waals surface area contributed by atoms with Gasteiger partial charge < -0.3 is 21.3 Å². The predicted molar refractivity (Wildman–Crippen MR) is 65.0 cm³/mol. The Balaban J connectivity index is 2.31. The van der Waals surface area contributed by atoms with Crippen molar-refractivity contribution in [2.75, 3.05) is 6.54 Å². The van der Waals surface area contributed by atoms with E-state index in [0.717, 1.165) is 5.56 Å². The van der Waals surface area contributed by atoms with E-state index in [1.165, 1.54) is 0 Å².